The van der Waals surface area contributed by atoms with Gasteiger partial charge in [-0.2, -0.15) is 0 Å². The van der Waals surface area contributed by atoms with Crippen molar-refractivity contribution in [2.75, 3.05) is 0 Å². The Kier molecular flexibility index (Phi) is 4.29. The standard InChI is InChI=1S/C15H14BrClFN/c1-15(19,11-3-2-4-12(17)7-11)9-10-5-6-13(18)8-14(10)16/h2-8H,9,19H2,1H3. The molecule has 0 spiro atoms. The van der Waals surface area contributed by atoms with E-state index in [0.717, 1.165) is 15.6 Å². The summed E-state index contributed by atoms with van der Waals surface area (Å²) in [5.74, 6) is -0.267. The molecule has 0 aliphatic carbocycles. The molecule has 100 valence electrons. The van der Waals surface area contributed by atoms with Crippen LogP contribution in [0.5, 0.6) is 0 Å². The molecule has 1 atom stereocenters. The normalized spacial score (nSPS) is 14.2. The number of halogens is 3. The van der Waals surface area contributed by atoms with Gasteiger partial charge in [-0.1, -0.05) is 45.7 Å². The molecule has 2 aromatic rings. The van der Waals surface area contributed by atoms with Crippen LogP contribution in [0.4, 0.5) is 4.39 Å². The van der Waals surface area contributed by atoms with Crippen LogP contribution in [0.3, 0.4) is 0 Å². The maximum absolute atomic E-state index is 13.1. The van der Waals surface area contributed by atoms with Crippen molar-refractivity contribution in [2.24, 2.45) is 5.73 Å². The molecule has 19 heavy (non-hydrogen) atoms. The van der Waals surface area contributed by atoms with Gasteiger partial charge in [0.05, 0.1) is 0 Å². The van der Waals surface area contributed by atoms with Crippen LogP contribution < -0.4 is 5.73 Å². The van der Waals surface area contributed by atoms with Crippen LogP contribution in [-0.2, 0) is 12.0 Å². The molecule has 4 heteroatoms. The first-order chi connectivity index (χ1) is 8.88. The molecule has 0 saturated carbocycles. The van der Waals surface area contributed by atoms with Crippen molar-refractivity contribution in [1.82, 2.24) is 0 Å². The third-order valence-electron chi connectivity index (χ3n) is 3.06. The van der Waals surface area contributed by atoms with Crippen LogP contribution >= 0.6 is 27.5 Å². The predicted molar refractivity (Wildman–Crippen MR) is 80.8 cm³/mol. The summed E-state index contributed by atoms with van der Waals surface area (Å²) in [4.78, 5) is 0. The van der Waals surface area contributed by atoms with Crippen LogP contribution in [0.15, 0.2) is 46.9 Å². The van der Waals surface area contributed by atoms with Crippen molar-refractivity contribution in [3.8, 4) is 0 Å². The summed E-state index contributed by atoms with van der Waals surface area (Å²) in [6.07, 6.45) is 0.591. The van der Waals surface area contributed by atoms with Gasteiger partial charge in [-0.3, -0.25) is 0 Å². The average Bonchev–Trinajstić information content (AvgIpc) is 2.33. The highest BCUT2D eigenvalue weighted by Crippen LogP contribution is 2.28. The first kappa shape index (κ1) is 14.5. The van der Waals surface area contributed by atoms with E-state index >= 15 is 0 Å². The van der Waals surface area contributed by atoms with E-state index < -0.39 is 5.54 Å². The molecule has 0 aliphatic heterocycles. The highest BCUT2D eigenvalue weighted by atomic mass is 79.9. The predicted octanol–water partition coefficient (Wildman–Crippen LogP) is 4.66. The molecular formula is C15H14BrClFN. The number of benzene rings is 2. The zero-order chi connectivity index (χ0) is 14.0. The summed E-state index contributed by atoms with van der Waals surface area (Å²) >= 11 is 9.36. The topological polar surface area (TPSA) is 26.0 Å². The first-order valence-electron chi connectivity index (χ1n) is 5.87. The molecule has 1 unspecified atom stereocenters. The third kappa shape index (κ3) is 3.56. The second-order valence-corrected chi connectivity index (χ2v) is 6.13. The lowest BCUT2D eigenvalue weighted by molar-refractivity contribution is 0.490. The van der Waals surface area contributed by atoms with Gasteiger partial charge in [0.25, 0.3) is 0 Å². The van der Waals surface area contributed by atoms with E-state index in [0.29, 0.717) is 11.4 Å². The first-order valence-corrected chi connectivity index (χ1v) is 7.04. The van der Waals surface area contributed by atoms with E-state index in [2.05, 4.69) is 15.9 Å². The van der Waals surface area contributed by atoms with Gasteiger partial charge in [-0.25, -0.2) is 4.39 Å². The minimum absolute atomic E-state index is 0.267. The molecule has 0 amide bonds. The van der Waals surface area contributed by atoms with Gasteiger partial charge in [0.1, 0.15) is 5.82 Å². The second kappa shape index (κ2) is 5.61. The largest absolute Gasteiger partial charge is 0.321 e. The zero-order valence-electron chi connectivity index (χ0n) is 10.5. The van der Waals surface area contributed by atoms with Gasteiger partial charge in [-0.05, 0) is 48.7 Å². The van der Waals surface area contributed by atoms with Crippen molar-refractivity contribution in [1.29, 1.82) is 0 Å². The quantitative estimate of drug-likeness (QED) is 0.862. The van der Waals surface area contributed by atoms with E-state index in [1.165, 1.54) is 12.1 Å². The van der Waals surface area contributed by atoms with E-state index in [4.69, 9.17) is 17.3 Å². The molecule has 0 fully saturated rings. The zero-order valence-corrected chi connectivity index (χ0v) is 12.8. The summed E-state index contributed by atoms with van der Waals surface area (Å²) in [5.41, 5.74) is 7.73. The van der Waals surface area contributed by atoms with Crippen LogP contribution in [0.25, 0.3) is 0 Å². The van der Waals surface area contributed by atoms with Gasteiger partial charge in [0.15, 0.2) is 0 Å². The van der Waals surface area contributed by atoms with Crippen LogP contribution in [0, 0.1) is 5.82 Å². The van der Waals surface area contributed by atoms with E-state index in [-0.39, 0.29) is 5.82 Å². The minimum atomic E-state index is -0.564. The molecule has 2 rings (SSSR count). The second-order valence-electron chi connectivity index (χ2n) is 4.84. The van der Waals surface area contributed by atoms with Crippen molar-refractivity contribution in [2.45, 2.75) is 18.9 Å². The SMILES string of the molecule is CC(N)(Cc1ccc(F)cc1Br)c1cccc(Cl)c1. The number of hydrogen-bond acceptors (Lipinski definition) is 1. The molecule has 0 aromatic heterocycles. The molecule has 2 aromatic carbocycles. The fraction of sp³-hybridized carbons (Fsp3) is 0.200. The summed E-state index contributed by atoms with van der Waals surface area (Å²) < 4.78 is 13.8. The summed E-state index contributed by atoms with van der Waals surface area (Å²) in [5, 5.41) is 0.660. The van der Waals surface area contributed by atoms with Crippen molar-refractivity contribution < 1.29 is 4.39 Å². The Balaban J connectivity index is 2.30. The number of rotatable bonds is 3. The molecule has 0 heterocycles. The van der Waals surface area contributed by atoms with Gasteiger partial charge >= 0.3 is 0 Å². The van der Waals surface area contributed by atoms with Crippen LogP contribution in [0.1, 0.15) is 18.1 Å². The molecular weight excluding hydrogens is 329 g/mol. The molecule has 2 N–H and O–H groups in total. The Morgan fingerprint density at radius 3 is 2.63 bits per heavy atom. The van der Waals surface area contributed by atoms with Crippen LogP contribution in [-0.4, -0.2) is 0 Å². The molecule has 0 bridgehead atoms. The fourth-order valence-corrected chi connectivity index (χ4v) is 2.69. The number of hydrogen-bond donors (Lipinski definition) is 1. The van der Waals surface area contributed by atoms with Gasteiger partial charge in [0, 0.05) is 15.0 Å². The van der Waals surface area contributed by atoms with Crippen molar-refractivity contribution >= 4 is 27.5 Å². The van der Waals surface area contributed by atoms with Crippen LogP contribution in [0.2, 0.25) is 5.02 Å². The van der Waals surface area contributed by atoms with Crippen molar-refractivity contribution in [3.63, 3.8) is 0 Å². The maximum atomic E-state index is 13.1. The molecule has 1 nitrogen and oxygen atoms in total. The van der Waals surface area contributed by atoms with E-state index in [1.54, 1.807) is 6.07 Å². The monoisotopic (exact) mass is 341 g/mol. The summed E-state index contributed by atoms with van der Waals surface area (Å²) in [7, 11) is 0. The lowest BCUT2D eigenvalue weighted by atomic mass is 9.86. The van der Waals surface area contributed by atoms with Gasteiger partial charge in [-0.15, -0.1) is 0 Å². The fourth-order valence-electron chi connectivity index (χ4n) is 2.01. The Bertz CT molecular complexity index is 598. The molecule has 0 saturated heterocycles. The lowest BCUT2D eigenvalue weighted by Crippen LogP contribution is -2.35. The average molecular weight is 343 g/mol. The van der Waals surface area contributed by atoms with Gasteiger partial charge in [0.2, 0.25) is 0 Å². The van der Waals surface area contributed by atoms with Crippen molar-refractivity contribution in [3.05, 3.63) is 68.9 Å². The maximum Gasteiger partial charge on any atom is 0.124 e. The minimum Gasteiger partial charge on any atom is -0.321 e. The summed E-state index contributed by atoms with van der Waals surface area (Å²) in [6, 6.07) is 12.1. The highest BCUT2D eigenvalue weighted by Gasteiger charge is 2.23. The molecule has 0 aliphatic rings. The Morgan fingerprint density at radius 2 is 2.00 bits per heavy atom. The van der Waals surface area contributed by atoms with E-state index in [9.17, 15) is 4.39 Å². The molecule has 0 radical (unpaired) electrons. The number of nitrogens with two attached hydrogens (primary N) is 1. The third-order valence-corrected chi connectivity index (χ3v) is 4.03. The highest BCUT2D eigenvalue weighted by molar-refractivity contribution is 9.10. The Labute approximate surface area is 125 Å². The smallest absolute Gasteiger partial charge is 0.124 e. The van der Waals surface area contributed by atoms with E-state index in [1.807, 2.05) is 31.2 Å². The Morgan fingerprint density at radius 1 is 1.26 bits per heavy atom. The van der Waals surface area contributed by atoms with Gasteiger partial charge < -0.3 is 5.73 Å². The lowest BCUT2D eigenvalue weighted by Gasteiger charge is -2.26. The Hall–Kier alpha value is -0.900. The summed E-state index contributed by atoms with van der Waals surface area (Å²) in [6.45, 7) is 1.94.